The predicted octanol–water partition coefficient (Wildman–Crippen LogP) is 3.64. The van der Waals surface area contributed by atoms with Crippen LogP contribution in [0.5, 0.6) is 0 Å². The van der Waals surface area contributed by atoms with Crippen LogP contribution in [0.15, 0.2) is 29.3 Å². The number of hydrogen-bond donors (Lipinski definition) is 1. The number of benzene rings is 1. The van der Waals surface area contributed by atoms with E-state index >= 15 is 0 Å². The van der Waals surface area contributed by atoms with E-state index in [9.17, 15) is 4.79 Å². The molecule has 3 atom stereocenters. The highest BCUT2D eigenvalue weighted by atomic mass is 16.7. The molecule has 0 amide bonds. The Hall–Kier alpha value is -1.98. The number of fused-ring (bicyclic) bond motifs is 1. The van der Waals surface area contributed by atoms with Gasteiger partial charge in [0.15, 0.2) is 6.29 Å². The van der Waals surface area contributed by atoms with Crippen LogP contribution in [0.1, 0.15) is 60.1 Å². The van der Waals surface area contributed by atoms with E-state index in [1.807, 2.05) is 0 Å². The van der Waals surface area contributed by atoms with Crippen molar-refractivity contribution in [2.24, 2.45) is 5.92 Å². The maximum Gasteiger partial charge on any atom is 0.254 e. The minimum atomic E-state index is -0.0695. The van der Waals surface area contributed by atoms with Crippen LogP contribution >= 0.6 is 0 Å². The normalized spacial score (nSPS) is 25.2. The molecule has 1 aromatic heterocycles. The van der Waals surface area contributed by atoms with Gasteiger partial charge in [0, 0.05) is 12.2 Å². The molecule has 2 aromatic rings. The highest BCUT2D eigenvalue weighted by molar-refractivity contribution is 5.37. The molecule has 0 spiro atoms. The number of aryl methyl sites for hydroxylation is 1. The van der Waals surface area contributed by atoms with Crippen LogP contribution in [0.4, 0.5) is 0 Å². The van der Waals surface area contributed by atoms with Crippen LogP contribution in [-0.4, -0.2) is 22.9 Å². The Balaban J connectivity index is 1.53. The van der Waals surface area contributed by atoms with Gasteiger partial charge in [0.25, 0.3) is 5.56 Å². The summed E-state index contributed by atoms with van der Waals surface area (Å²) in [5.41, 5.74) is 5.63. The van der Waals surface area contributed by atoms with Gasteiger partial charge in [-0.1, -0.05) is 25.1 Å². The van der Waals surface area contributed by atoms with Crippen molar-refractivity contribution in [3.8, 4) is 0 Å². The molecule has 3 unspecified atom stereocenters. The molecule has 144 valence electrons. The Labute approximate surface area is 160 Å². The molecule has 4 rings (SSSR count). The van der Waals surface area contributed by atoms with Gasteiger partial charge in [0.2, 0.25) is 0 Å². The number of rotatable bonds is 4. The summed E-state index contributed by atoms with van der Waals surface area (Å²) in [5.74, 6) is 0.775. The first kappa shape index (κ1) is 18.4. The van der Waals surface area contributed by atoms with Crippen molar-refractivity contribution in [3.05, 3.63) is 62.8 Å². The topological polar surface area (TPSA) is 64.2 Å². The van der Waals surface area contributed by atoms with E-state index in [1.165, 1.54) is 29.4 Å². The van der Waals surface area contributed by atoms with E-state index in [1.54, 1.807) is 0 Å². The fraction of sp³-hybridized carbons (Fsp3) is 0.545. The van der Waals surface area contributed by atoms with Gasteiger partial charge >= 0.3 is 0 Å². The molecule has 5 nitrogen and oxygen atoms in total. The lowest BCUT2D eigenvalue weighted by Gasteiger charge is -2.31. The van der Waals surface area contributed by atoms with Crippen LogP contribution < -0.4 is 5.56 Å². The number of ether oxygens (including phenoxy) is 2. The van der Waals surface area contributed by atoms with Crippen molar-refractivity contribution in [3.63, 3.8) is 0 Å². The average Bonchev–Trinajstić information content (AvgIpc) is 2.69. The van der Waals surface area contributed by atoms with Crippen molar-refractivity contribution >= 4 is 0 Å². The van der Waals surface area contributed by atoms with Crippen molar-refractivity contribution in [2.75, 3.05) is 6.61 Å². The minimum Gasteiger partial charge on any atom is -0.353 e. The highest BCUT2D eigenvalue weighted by Crippen LogP contribution is 2.37. The number of nitrogens with one attached hydrogen (secondary N) is 1. The summed E-state index contributed by atoms with van der Waals surface area (Å²) in [4.78, 5) is 19.2. The van der Waals surface area contributed by atoms with Crippen LogP contribution in [0.25, 0.3) is 0 Å². The summed E-state index contributed by atoms with van der Waals surface area (Å²) in [5, 5.41) is 0. The second-order valence-corrected chi connectivity index (χ2v) is 7.95. The molecule has 5 heteroatoms. The molecule has 1 saturated heterocycles. The molecule has 1 fully saturated rings. The van der Waals surface area contributed by atoms with Crippen molar-refractivity contribution in [2.45, 2.75) is 64.8 Å². The van der Waals surface area contributed by atoms with Crippen molar-refractivity contribution < 1.29 is 9.47 Å². The van der Waals surface area contributed by atoms with Gasteiger partial charge in [-0.3, -0.25) is 4.79 Å². The van der Waals surface area contributed by atoms with E-state index in [-0.39, 0.29) is 11.8 Å². The molecule has 0 bridgehead atoms. The number of hydrogen-bond acceptors (Lipinski definition) is 4. The first-order chi connectivity index (χ1) is 13.1. The number of aromatic nitrogens is 2. The molecule has 2 heterocycles. The van der Waals surface area contributed by atoms with Gasteiger partial charge < -0.3 is 14.5 Å². The summed E-state index contributed by atoms with van der Waals surface area (Å²) in [6.07, 6.45) is 6.34. The van der Waals surface area contributed by atoms with Gasteiger partial charge in [-0.05, 0) is 67.6 Å². The Bertz CT molecular complexity index is 855. The Morgan fingerprint density at radius 3 is 3.00 bits per heavy atom. The lowest BCUT2D eigenvalue weighted by atomic mass is 9.74. The van der Waals surface area contributed by atoms with Crippen LogP contribution in [0.3, 0.4) is 0 Å². The SMILES string of the molecule is Cc1ccc(COC2CCCCO2)cc1C1Cc2nc[nH]c(=O)c2CC1C. The summed E-state index contributed by atoms with van der Waals surface area (Å²) < 4.78 is 11.6. The van der Waals surface area contributed by atoms with Gasteiger partial charge in [-0.2, -0.15) is 0 Å². The summed E-state index contributed by atoms with van der Waals surface area (Å²) in [7, 11) is 0. The van der Waals surface area contributed by atoms with E-state index in [4.69, 9.17) is 9.47 Å². The average molecular weight is 368 g/mol. The minimum absolute atomic E-state index is 0.0108. The molecular weight excluding hydrogens is 340 g/mol. The largest absolute Gasteiger partial charge is 0.353 e. The standard InChI is InChI=1S/C22H28N2O3/c1-14-6-7-16(12-27-21-5-3-4-8-26-21)10-17(14)18-11-20-19(9-15(18)2)22(25)24-13-23-20/h6-7,10,13,15,18,21H,3-5,8-9,11-12H2,1-2H3,(H,23,24,25). The number of H-pyrrole nitrogens is 1. The molecule has 0 saturated carbocycles. The maximum absolute atomic E-state index is 12.1. The smallest absolute Gasteiger partial charge is 0.254 e. The molecule has 1 N–H and O–H groups in total. The van der Waals surface area contributed by atoms with E-state index < -0.39 is 0 Å². The first-order valence-electron chi connectivity index (χ1n) is 10.00. The molecule has 0 radical (unpaired) electrons. The Morgan fingerprint density at radius 2 is 2.19 bits per heavy atom. The lowest BCUT2D eigenvalue weighted by molar-refractivity contribution is -0.168. The zero-order valence-corrected chi connectivity index (χ0v) is 16.2. The molecule has 27 heavy (non-hydrogen) atoms. The summed E-state index contributed by atoms with van der Waals surface area (Å²) >= 11 is 0. The second kappa shape index (κ2) is 7.95. The van der Waals surface area contributed by atoms with Gasteiger partial charge in [-0.15, -0.1) is 0 Å². The van der Waals surface area contributed by atoms with Crippen LogP contribution in [0, 0.1) is 12.8 Å². The predicted molar refractivity (Wildman–Crippen MR) is 104 cm³/mol. The van der Waals surface area contributed by atoms with Gasteiger partial charge in [0.1, 0.15) is 0 Å². The van der Waals surface area contributed by atoms with E-state index in [0.29, 0.717) is 18.4 Å². The summed E-state index contributed by atoms with van der Waals surface area (Å²) in [6, 6.07) is 6.60. The van der Waals surface area contributed by atoms with Crippen LogP contribution in [0.2, 0.25) is 0 Å². The van der Waals surface area contributed by atoms with Gasteiger partial charge in [-0.25, -0.2) is 4.98 Å². The zero-order valence-electron chi connectivity index (χ0n) is 16.2. The van der Waals surface area contributed by atoms with Crippen molar-refractivity contribution in [1.82, 2.24) is 9.97 Å². The second-order valence-electron chi connectivity index (χ2n) is 7.95. The molecule has 1 aromatic carbocycles. The third-order valence-corrected chi connectivity index (χ3v) is 5.98. The fourth-order valence-corrected chi connectivity index (χ4v) is 4.35. The number of nitrogens with zero attached hydrogens (tertiary/aromatic N) is 1. The molecular formula is C22H28N2O3. The quantitative estimate of drug-likeness (QED) is 0.895. The zero-order chi connectivity index (χ0) is 18.8. The third kappa shape index (κ3) is 3.99. The Kier molecular flexibility index (Phi) is 5.41. The van der Waals surface area contributed by atoms with Gasteiger partial charge in [0.05, 0.1) is 18.6 Å². The maximum atomic E-state index is 12.1. The third-order valence-electron chi connectivity index (χ3n) is 5.98. The van der Waals surface area contributed by atoms with Crippen molar-refractivity contribution in [1.29, 1.82) is 0 Å². The highest BCUT2D eigenvalue weighted by Gasteiger charge is 2.30. The molecule has 1 aliphatic carbocycles. The Morgan fingerprint density at radius 1 is 1.30 bits per heavy atom. The van der Waals surface area contributed by atoms with Crippen LogP contribution in [-0.2, 0) is 28.9 Å². The summed E-state index contributed by atoms with van der Waals surface area (Å²) in [6.45, 7) is 5.78. The van der Waals surface area contributed by atoms with E-state index in [0.717, 1.165) is 43.5 Å². The molecule has 1 aliphatic heterocycles. The monoisotopic (exact) mass is 368 g/mol. The van der Waals surface area contributed by atoms with E-state index in [2.05, 4.69) is 42.0 Å². The lowest BCUT2D eigenvalue weighted by Crippen LogP contribution is -2.29. The first-order valence-corrected chi connectivity index (χ1v) is 10.00. The molecule has 2 aliphatic rings. The number of aromatic amines is 1. The fourth-order valence-electron chi connectivity index (χ4n) is 4.35.